The monoisotopic (exact) mass is 333 g/mol. The number of amides is 1. The van der Waals surface area contributed by atoms with Crippen molar-refractivity contribution in [1.82, 2.24) is 4.90 Å². The summed E-state index contributed by atoms with van der Waals surface area (Å²) >= 11 is 0. The lowest BCUT2D eigenvalue weighted by atomic mass is 10.1. The minimum absolute atomic E-state index is 0.113. The predicted molar refractivity (Wildman–Crippen MR) is 92.2 cm³/mol. The van der Waals surface area contributed by atoms with Crippen molar-refractivity contribution >= 4 is 30.0 Å². The van der Waals surface area contributed by atoms with E-state index in [0.717, 1.165) is 22.5 Å². The summed E-state index contributed by atoms with van der Waals surface area (Å²) in [4.78, 5) is 31.7. The Morgan fingerprint density at radius 1 is 1.42 bits per heavy atom. The Labute approximate surface area is 141 Å². The molecule has 1 aromatic carbocycles. The molecule has 0 saturated carbocycles. The van der Waals surface area contributed by atoms with Crippen LogP contribution in [0.3, 0.4) is 0 Å². The molecule has 1 aromatic rings. The molecular weight excluding hydrogens is 310 g/mol. The van der Waals surface area contributed by atoms with Crippen molar-refractivity contribution in [3.8, 4) is 0 Å². The van der Waals surface area contributed by atoms with Crippen LogP contribution >= 0.6 is 0 Å². The molecule has 4 N–H and O–H groups in total. The van der Waals surface area contributed by atoms with Gasteiger partial charge >= 0.3 is 5.97 Å². The van der Waals surface area contributed by atoms with E-state index in [0.29, 0.717) is 19.4 Å². The van der Waals surface area contributed by atoms with Gasteiger partial charge in [-0.1, -0.05) is 12.6 Å². The Kier molecular flexibility index (Phi) is 6.98. The zero-order valence-corrected chi connectivity index (χ0v) is 13.7. The maximum atomic E-state index is 10.9. The molecule has 1 aliphatic heterocycles. The number of nitrogens with zero attached hydrogens (tertiary/aromatic N) is 1. The van der Waals surface area contributed by atoms with Gasteiger partial charge in [0.25, 0.3) is 0 Å². The molecule has 0 fully saturated rings. The molecule has 0 spiro atoms. The van der Waals surface area contributed by atoms with Crippen LogP contribution in [0.5, 0.6) is 0 Å². The van der Waals surface area contributed by atoms with Gasteiger partial charge < -0.3 is 25.9 Å². The molecule has 7 nitrogen and oxygen atoms in total. The van der Waals surface area contributed by atoms with Crippen LogP contribution in [0.4, 0.5) is 5.69 Å². The first-order chi connectivity index (χ1) is 11.4. The Hall–Kier alpha value is -2.83. The number of anilines is 1. The normalized spacial score (nSPS) is 13.5. The maximum absolute atomic E-state index is 10.9. The van der Waals surface area contributed by atoms with Crippen molar-refractivity contribution in [1.29, 1.82) is 0 Å². The van der Waals surface area contributed by atoms with E-state index in [1.54, 1.807) is 0 Å². The summed E-state index contributed by atoms with van der Waals surface area (Å²) in [6, 6.07) is 5.92. The van der Waals surface area contributed by atoms with Crippen LogP contribution in [0, 0.1) is 0 Å². The number of rotatable bonds is 7. The lowest BCUT2D eigenvalue weighted by Gasteiger charge is -2.27. The van der Waals surface area contributed by atoms with Gasteiger partial charge in [0, 0.05) is 36.0 Å². The first-order valence-electron chi connectivity index (χ1n) is 7.50. The van der Waals surface area contributed by atoms with E-state index in [1.165, 1.54) is 0 Å². The number of fused-ring (bicyclic) bond motifs is 1. The van der Waals surface area contributed by atoms with E-state index in [-0.39, 0.29) is 18.5 Å². The molecule has 0 aliphatic carbocycles. The zero-order chi connectivity index (χ0) is 18.3. The molecule has 1 heterocycles. The highest BCUT2D eigenvalue weighted by atomic mass is 16.4. The van der Waals surface area contributed by atoms with Crippen molar-refractivity contribution in [3.05, 3.63) is 35.9 Å². The Balaban J connectivity index is 0.00000139. The quantitative estimate of drug-likeness (QED) is 0.696. The number of aliphatic carboxylic acids is 1. The number of hydrogen-bond acceptors (Lipinski definition) is 5. The van der Waals surface area contributed by atoms with Gasteiger partial charge in [0.15, 0.2) is 0 Å². The highest BCUT2D eigenvalue weighted by Crippen LogP contribution is 2.35. The molecule has 7 heteroatoms. The second-order valence-corrected chi connectivity index (χ2v) is 5.55. The number of benzene rings is 1. The molecule has 1 atom stereocenters. The van der Waals surface area contributed by atoms with Gasteiger partial charge in [-0.3, -0.25) is 9.59 Å². The van der Waals surface area contributed by atoms with Crippen LogP contribution in [-0.4, -0.2) is 41.3 Å². The second kappa shape index (κ2) is 8.71. The standard InChI is InChI=1S/C16H21N3O3.CH2O/c1-10(3-6-15(17)20)19-9-12-7-13(18-8-16(21)22)4-5-14(12)11(19)2;1-2/h4-5,7,10,18H,2-3,6,8-9H2,1H3,(H2,17,20)(H,21,22);1H2. The third kappa shape index (κ3) is 4.84. The Bertz CT molecular complexity index is 630. The van der Waals surface area contributed by atoms with Crippen molar-refractivity contribution in [3.63, 3.8) is 0 Å². The number of nitrogens with one attached hydrogen (secondary N) is 1. The second-order valence-electron chi connectivity index (χ2n) is 5.55. The number of carbonyl (C=O) groups is 3. The molecule has 130 valence electrons. The first-order valence-corrected chi connectivity index (χ1v) is 7.50. The van der Waals surface area contributed by atoms with Crippen molar-refractivity contribution in [2.45, 2.75) is 32.4 Å². The van der Waals surface area contributed by atoms with E-state index in [4.69, 9.17) is 15.6 Å². The molecule has 0 radical (unpaired) electrons. The predicted octanol–water partition coefficient (Wildman–Crippen LogP) is 1.44. The fourth-order valence-electron chi connectivity index (χ4n) is 2.66. The third-order valence-corrected chi connectivity index (χ3v) is 3.89. The van der Waals surface area contributed by atoms with Crippen LogP contribution < -0.4 is 11.1 Å². The molecule has 1 unspecified atom stereocenters. The smallest absolute Gasteiger partial charge is 0.322 e. The van der Waals surface area contributed by atoms with Gasteiger partial charge in [-0.2, -0.15) is 0 Å². The third-order valence-electron chi connectivity index (χ3n) is 3.89. The molecule has 1 aliphatic rings. The van der Waals surface area contributed by atoms with Gasteiger partial charge in [-0.05, 0) is 31.0 Å². The molecule has 2 rings (SSSR count). The highest BCUT2D eigenvalue weighted by molar-refractivity contribution is 5.75. The number of nitrogens with two attached hydrogens (primary N) is 1. The van der Waals surface area contributed by atoms with Crippen molar-refractivity contribution in [2.24, 2.45) is 5.73 Å². The summed E-state index contributed by atoms with van der Waals surface area (Å²) in [5.41, 5.74) is 9.07. The first kappa shape index (κ1) is 19.2. The largest absolute Gasteiger partial charge is 0.480 e. The van der Waals surface area contributed by atoms with E-state index in [2.05, 4.69) is 16.8 Å². The Morgan fingerprint density at radius 2 is 2.08 bits per heavy atom. The van der Waals surface area contributed by atoms with Crippen LogP contribution in [0.25, 0.3) is 5.70 Å². The summed E-state index contributed by atoms with van der Waals surface area (Å²) in [5, 5.41) is 11.6. The molecule has 0 saturated heterocycles. The topological polar surface area (TPSA) is 113 Å². The van der Waals surface area contributed by atoms with Gasteiger partial charge in [0.2, 0.25) is 5.91 Å². The maximum Gasteiger partial charge on any atom is 0.322 e. The van der Waals surface area contributed by atoms with Crippen LogP contribution in [0.1, 0.15) is 30.9 Å². The summed E-state index contributed by atoms with van der Waals surface area (Å²) in [7, 11) is 0. The summed E-state index contributed by atoms with van der Waals surface area (Å²) < 4.78 is 0. The lowest BCUT2D eigenvalue weighted by Crippen LogP contribution is -2.28. The highest BCUT2D eigenvalue weighted by Gasteiger charge is 2.26. The number of carbonyl (C=O) groups excluding carboxylic acids is 2. The summed E-state index contributed by atoms with van der Waals surface area (Å²) in [6.07, 6.45) is 1.04. The molecule has 0 aromatic heterocycles. The fraction of sp³-hybridized carbons (Fsp3) is 0.353. The van der Waals surface area contributed by atoms with Crippen molar-refractivity contribution < 1.29 is 19.5 Å². The van der Waals surface area contributed by atoms with Gasteiger partial charge in [-0.15, -0.1) is 0 Å². The summed E-state index contributed by atoms with van der Waals surface area (Å²) in [6.45, 7) is 8.76. The van der Waals surface area contributed by atoms with E-state index in [9.17, 15) is 9.59 Å². The van der Waals surface area contributed by atoms with Gasteiger partial charge in [-0.25, -0.2) is 0 Å². The van der Waals surface area contributed by atoms with Gasteiger partial charge in [0.05, 0.1) is 0 Å². The zero-order valence-electron chi connectivity index (χ0n) is 13.7. The molecule has 24 heavy (non-hydrogen) atoms. The molecule has 0 bridgehead atoms. The van der Waals surface area contributed by atoms with Gasteiger partial charge in [0.1, 0.15) is 13.3 Å². The SMILES string of the molecule is C=C1c2ccc(NCC(=O)O)cc2CN1C(C)CCC(N)=O.C=O. The van der Waals surface area contributed by atoms with E-state index >= 15 is 0 Å². The van der Waals surface area contributed by atoms with Crippen LogP contribution in [0.2, 0.25) is 0 Å². The van der Waals surface area contributed by atoms with E-state index < -0.39 is 5.97 Å². The fourth-order valence-corrected chi connectivity index (χ4v) is 2.66. The Morgan fingerprint density at radius 3 is 2.67 bits per heavy atom. The van der Waals surface area contributed by atoms with Crippen LogP contribution in [-0.2, 0) is 20.9 Å². The number of carboxylic acids is 1. The van der Waals surface area contributed by atoms with Crippen LogP contribution in [0.15, 0.2) is 24.8 Å². The average molecular weight is 333 g/mol. The molecular formula is C17H23N3O4. The number of carboxylic acid groups (broad SMARTS) is 1. The lowest BCUT2D eigenvalue weighted by molar-refractivity contribution is -0.135. The number of primary amides is 1. The molecule has 1 amide bonds. The average Bonchev–Trinajstić information content (AvgIpc) is 2.89. The summed E-state index contributed by atoms with van der Waals surface area (Å²) in [5.74, 6) is -1.19. The number of hydrogen-bond donors (Lipinski definition) is 3. The minimum Gasteiger partial charge on any atom is -0.480 e. The minimum atomic E-state index is -0.897. The van der Waals surface area contributed by atoms with Crippen molar-refractivity contribution in [2.75, 3.05) is 11.9 Å². The van der Waals surface area contributed by atoms with E-state index in [1.807, 2.05) is 31.9 Å².